The van der Waals surface area contributed by atoms with Gasteiger partial charge in [-0.15, -0.1) is 0 Å². The van der Waals surface area contributed by atoms with E-state index in [1.807, 2.05) is 25.1 Å². The van der Waals surface area contributed by atoms with Crippen molar-refractivity contribution >= 4 is 11.6 Å². The molecule has 1 N–H and O–H groups in total. The molecule has 0 spiro atoms. The highest BCUT2D eigenvalue weighted by atomic mass is 16.5. The van der Waals surface area contributed by atoms with Crippen molar-refractivity contribution in [2.75, 3.05) is 19.0 Å². The van der Waals surface area contributed by atoms with E-state index in [0.29, 0.717) is 23.7 Å². The van der Waals surface area contributed by atoms with E-state index in [-0.39, 0.29) is 5.91 Å². The highest BCUT2D eigenvalue weighted by Crippen LogP contribution is 2.38. The Bertz CT molecular complexity index is 1010. The first-order valence-electron chi connectivity index (χ1n) is 9.03. The molecule has 0 saturated carbocycles. The first-order chi connectivity index (χ1) is 13.2. The first-order valence-corrected chi connectivity index (χ1v) is 9.03. The van der Waals surface area contributed by atoms with E-state index in [1.54, 1.807) is 25.3 Å². The predicted molar refractivity (Wildman–Crippen MR) is 107 cm³/mol. The van der Waals surface area contributed by atoms with Crippen molar-refractivity contribution in [2.24, 2.45) is 0 Å². The van der Waals surface area contributed by atoms with Crippen LogP contribution in [0.25, 0.3) is 11.1 Å². The fourth-order valence-electron chi connectivity index (χ4n) is 3.49. The average Bonchev–Trinajstić information content (AvgIpc) is 3.06. The summed E-state index contributed by atoms with van der Waals surface area (Å²) in [6.45, 7) is 2.45. The van der Waals surface area contributed by atoms with E-state index in [4.69, 9.17) is 9.47 Å². The van der Waals surface area contributed by atoms with Crippen LogP contribution in [0.15, 0.2) is 60.7 Å². The van der Waals surface area contributed by atoms with E-state index in [9.17, 15) is 4.79 Å². The van der Waals surface area contributed by atoms with Gasteiger partial charge in [-0.2, -0.15) is 0 Å². The van der Waals surface area contributed by atoms with Crippen molar-refractivity contribution in [3.8, 4) is 22.6 Å². The fourth-order valence-corrected chi connectivity index (χ4v) is 3.49. The summed E-state index contributed by atoms with van der Waals surface area (Å²) >= 11 is 0. The lowest BCUT2D eigenvalue weighted by Crippen LogP contribution is -2.12. The molecular weight excluding hydrogens is 338 g/mol. The molecule has 3 aromatic rings. The smallest absolute Gasteiger partial charge is 0.255 e. The number of nitrogens with one attached hydrogen (secondary N) is 1. The van der Waals surface area contributed by atoms with Crippen LogP contribution in [0.5, 0.6) is 11.5 Å². The minimum Gasteiger partial charge on any atom is -0.493 e. The van der Waals surface area contributed by atoms with Crippen LogP contribution >= 0.6 is 0 Å². The van der Waals surface area contributed by atoms with Crippen LogP contribution in [0.3, 0.4) is 0 Å². The number of fused-ring (bicyclic) bond motifs is 3. The lowest BCUT2D eigenvalue weighted by atomic mass is 10.1. The molecule has 27 heavy (non-hydrogen) atoms. The lowest BCUT2D eigenvalue weighted by molar-refractivity contribution is 0.102. The van der Waals surface area contributed by atoms with Crippen molar-refractivity contribution in [3.63, 3.8) is 0 Å². The number of rotatable bonds is 5. The topological polar surface area (TPSA) is 47.6 Å². The van der Waals surface area contributed by atoms with Gasteiger partial charge in [0, 0.05) is 11.3 Å². The molecule has 0 unspecified atom stereocenters. The van der Waals surface area contributed by atoms with Crippen molar-refractivity contribution in [3.05, 3.63) is 77.4 Å². The van der Waals surface area contributed by atoms with Gasteiger partial charge in [-0.25, -0.2) is 0 Å². The Morgan fingerprint density at radius 3 is 2.59 bits per heavy atom. The summed E-state index contributed by atoms with van der Waals surface area (Å²) in [6, 6.07) is 19.7. The van der Waals surface area contributed by atoms with Crippen LogP contribution in [0.1, 0.15) is 28.4 Å². The minimum absolute atomic E-state index is 0.178. The zero-order chi connectivity index (χ0) is 18.8. The number of amides is 1. The molecule has 0 aromatic heterocycles. The molecule has 0 fully saturated rings. The number of hydrogen-bond donors (Lipinski definition) is 1. The normalized spacial score (nSPS) is 11.5. The Morgan fingerprint density at radius 1 is 0.963 bits per heavy atom. The summed E-state index contributed by atoms with van der Waals surface area (Å²) < 4.78 is 10.8. The van der Waals surface area contributed by atoms with Gasteiger partial charge in [0.2, 0.25) is 0 Å². The largest absolute Gasteiger partial charge is 0.493 e. The molecule has 1 amide bonds. The molecule has 0 heterocycles. The van der Waals surface area contributed by atoms with Gasteiger partial charge in [-0.1, -0.05) is 30.3 Å². The van der Waals surface area contributed by atoms with E-state index in [2.05, 4.69) is 29.6 Å². The number of ether oxygens (including phenoxy) is 2. The number of carbonyl (C=O) groups is 1. The van der Waals surface area contributed by atoms with Gasteiger partial charge in [0.05, 0.1) is 13.7 Å². The Hall–Kier alpha value is -3.27. The SMILES string of the molecule is CCOc1ccc(C(=O)Nc2ccc3c(c2)-c2ccccc2C3)cc1OC. The lowest BCUT2D eigenvalue weighted by Gasteiger charge is -2.12. The van der Waals surface area contributed by atoms with Gasteiger partial charge in [0.25, 0.3) is 5.91 Å². The zero-order valence-electron chi connectivity index (χ0n) is 15.4. The van der Waals surface area contributed by atoms with E-state index >= 15 is 0 Å². The molecule has 3 aromatic carbocycles. The highest BCUT2D eigenvalue weighted by molar-refractivity contribution is 6.05. The van der Waals surface area contributed by atoms with Gasteiger partial charge in [0.15, 0.2) is 11.5 Å². The van der Waals surface area contributed by atoms with E-state index in [1.165, 1.54) is 22.3 Å². The minimum atomic E-state index is -0.178. The van der Waals surface area contributed by atoms with Crippen molar-refractivity contribution in [1.82, 2.24) is 0 Å². The van der Waals surface area contributed by atoms with Gasteiger partial charge in [-0.05, 0) is 65.9 Å². The van der Waals surface area contributed by atoms with Crippen molar-refractivity contribution < 1.29 is 14.3 Å². The molecule has 0 aliphatic heterocycles. The van der Waals surface area contributed by atoms with Gasteiger partial charge in [0.1, 0.15) is 0 Å². The molecule has 0 saturated heterocycles. The molecule has 0 atom stereocenters. The monoisotopic (exact) mass is 359 g/mol. The third kappa shape index (κ3) is 3.26. The number of benzene rings is 3. The highest BCUT2D eigenvalue weighted by Gasteiger charge is 2.19. The van der Waals surface area contributed by atoms with Crippen LogP contribution in [0.4, 0.5) is 5.69 Å². The average molecular weight is 359 g/mol. The fraction of sp³-hybridized carbons (Fsp3) is 0.174. The maximum atomic E-state index is 12.7. The third-order valence-electron chi connectivity index (χ3n) is 4.78. The molecule has 136 valence electrons. The van der Waals surface area contributed by atoms with Gasteiger partial charge >= 0.3 is 0 Å². The Kier molecular flexibility index (Phi) is 4.55. The summed E-state index contributed by atoms with van der Waals surface area (Å²) in [5, 5.41) is 2.99. The van der Waals surface area contributed by atoms with Crippen LogP contribution in [0, 0.1) is 0 Å². The summed E-state index contributed by atoms with van der Waals surface area (Å²) in [6.07, 6.45) is 0.940. The van der Waals surface area contributed by atoms with Crippen LogP contribution in [-0.4, -0.2) is 19.6 Å². The quantitative estimate of drug-likeness (QED) is 0.550. The Balaban J connectivity index is 1.58. The summed E-state index contributed by atoms with van der Waals surface area (Å²) in [5.41, 5.74) is 6.35. The molecule has 0 radical (unpaired) electrons. The third-order valence-corrected chi connectivity index (χ3v) is 4.78. The zero-order valence-corrected chi connectivity index (χ0v) is 15.4. The number of methoxy groups -OCH3 is 1. The number of anilines is 1. The second kappa shape index (κ2) is 7.16. The Morgan fingerprint density at radius 2 is 1.78 bits per heavy atom. The van der Waals surface area contributed by atoms with E-state index in [0.717, 1.165) is 12.1 Å². The van der Waals surface area contributed by atoms with Crippen LogP contribution < -0.4 is 14.8 Å². The summed E-state index contributed by atoms with van der Waals surface area (Å²) in [7, 11) is 1.57. The molecule has 4 rings (SSSR count). The van der Waals surface area contributed by atoms with Crippen LogP contribution in [-0.2, 0) is 6.42 Å². The number of hydrogen-bond acceptors (Lipinski definition) is 3. The molecule has 4 heteroatoms. The molecule has 1 aliphatic carbocycles. The first kappa shape index (κ1) is 17.2. The standard InChI is InChI=1S/C23H21NO3/c1-3-27-21-11-9-17(13-22(21)26-2)23(25)24-18-10-8-16-12-15-6-4-5-7-19(15)20(16)14-18/h4-11,13-14H,3,12H2,1-2H3,(H,24,25). The van der Waals surface area contributed by atoms with Crippen LogP contribution in [0.2, 0.25) is 0 Å². The van der Waals surface area contributed by atoms with Gasteiger partial charge in [-0.3, -0.25) is 4.79 Å². The van der Waals surface area contributed by atoms with Crippen molar-refractivity contribution in [1.29, 1.82) is 0 Å². The molecule has 4 nitrogen and oxygen atoms in total. The maximum absolute atomic E-state index is 12.7. The predicted octanol–water partition coefficient (Wildman–Crippen LogP) is 4.92. The van der Waals surface area contributed by atoms with Gasteiger partial charge < -0.3 is 14.8 Å². The second-order valence-corrected chi connectivity index (χ2v) is 6.46. The maximum Gasteiger partial charge on any atom is 0.255 e. The van der Waals surface area contributed by atoms with Crippen molar-refractivity contribution in [2.45, 2.75) is 13.3 Å². The van der Waals surface area contributed by atoms with E-state index < -0.39 is 0 Å². The molecule has 0 bridgehead atoms. The molecule has 1 aliphatic rings. The second-order valence-electron chi connectivity index (χ2n) is 6.46. The Labute approximate surface area is 158 Å². The number of carbonyl (C=O) groups excluding carboxylic acids is 1. The summed E-state index contributed by atoms with van der Waals surface area (Å²) in [5.74, 6) is 1.00. The summed E-state index contributed by atoms with van der Waals surface area (Å²) in [4.78, 5) is 12.7. The molecular formula is C23H21NO3.